The number of aliphatic hydroxyl groups excluding tert-OH is 1. The van der Waals surface area contributed by atoms with Crippen LogP contribution in [0.5, 0.6) is 0 Å². The van der Waals surface area contributed by atoms with E-state index in [1.807, 2.05) is 38.1 Å². The lowest BCUT2D eigenvalue weighted by atomic mass is 9.95. The number of nitrogens with zero attached hydrogens (tertiary/aromatic N) is 2. The molecule has 1 saturated heterocycles. The molecular weight excluding hydrogens is 352 g/mol. The van der Waals surface area contributed by atoms with Gasteiger partial charge in [-0.1, -0.05) is 43.5 Å². The molecule has 1 N–H and O–H groups in total. The van der Waals surface area contributed by atoms with Gasteiger partial charge in [0.2, 0.25) is 0 Å². The largest absolute Gasteiger partial charge is 0.507 e. The number of carbonyl (C=O) groups is 2. The van der Waals surface area contributed by atoms with Crippen molar-refractivity contribution < 1.29 is 14.7 Å². The molecule has 28 heavy (non-hydrogen) atoms. The molecule has 3 rings (SSSR count). The second-order valence-electron chi connectivity index (χ2n) is 7.27. The molecule has 1 amide bonds. The Kier molecular flexibility index (Phi) is 5.93. The van der Waals surface area contributed by atoms with Crippen molar-refractivity contribution in [1.29, 1.82) is 0 Å². The average Bonchev–Trinajstić information content (AvgIpc) is 2.95. The number of aromatic nitrogens is 1. The number of likely N-dealkylation sites (tertiary alicyclic amines) is 1. The molecule has 1 aromatic carbocycles. The van der Waals surface area contributed by atoms with Crippen LogP contribution in [0.2, 0.25) is 0 Å². The van der Waals surface area contributed by atoms with Crippen molar-refractivity contribution in [1.82, 2.24) is 9.88 Å². The van der Waals surface area contributed by atoms with E-state index in [1.54, 1.807) is 23.2 Å². The van der Waals surface area contributed by atoms with E-state index in [1.165, 1.54) is 0 Å². The molecule has 5 nitrogen and oxygen atoms in total. The Bertz CT molecular complexity index is 919. The maximum atomic E-state index is 12.9. The maximum absolute atomic E-state index is 12.9. The van der Waals surface area contributed by atoms with Crippen molar-refractivity contribution in [2.45, 2.75) is 46.1 Å². The highest BCUT2D eigenvalue weighted by Gasteiger charge is 2.46. The number of hydrogen-bond donors (Lipinski definition) is 1. The maximum Gasteiger partial charge on any atom is 0.295 e. The molecule has 2 aromatic rings. The highest BCUT2D eigenvalue weighted by Crippen LogP contribution is 2.39. The average molecular weight is 378 g/mol. The molecular formula is C23H26N2O3. The predicted octanol–water partition coefficient (Wildman–Crippen LogP) is 4.31. The fraction of sp³-hybridized carbons (Fsp3) is 0.348. The third kappa shape index (κ3) is 3.70. The molecule has 2 heterocycles. The van der Waals surface area contributed by atoms with Crippen LogP contribution < -0.4 is 0 Å². The van der Waals surface area contributed by atoms with Crippen LogP contribution in [-0.4, -0.2) is 33.2 Å². The van der Waals surface area contributed by atoms with Gasteiger partial charge in [-0.25, -0.2) is 0 Å². The van der Waals surface area contributed by atoms with Crippen LogP contribution in [0.4, 0.5) is 0 Å². The number of hydrogen-bond acceptors (Lipinski definition) is 4. The number of aryl methyl sites for hydroxylation is 2. The molecule has 1 fully saturated rings. The molecule has 5 heteroatoms. The number of ketones is 1. The van der Waals surface area contributed by atoms with E-state index in [0.717, 1.165) is 30.4 Å². The summed E-state index contributed by atoms with van der Waals surface area (Å²) in [7, 11) is 0. The summed E-state index contributed by atoms with van der Waals surface area (Å²) in [6, 6.07) is 10.4. The first-order valence-corrected chi connectivity index (χ1v) is 9.72. The summed E-state index contributed by atoms with van der Waals surface area (Å²) in [5.41, 5.74) is 3.10. The van der Waals surface area contributed by atoms with Gasteiger partial charge in [0.15, 0.2) is 0 Å². The highest BCUT2D eigenvalue weighted by atomic mass is 16.3. The molecule has 146 valence electrons. The van der Waals surface area contributed by atoms with E-state index in [9.17, 15) is 14.7 Å². The number of carbonyl (C=O) groups excluding carboxylic acids is 2. The third-order valence-electron chi connectivity index (χ3n) is 5.16. The van der Waals surface area contributed by atoms with E-state index in [2.05, 4.69) is 11.9 Å². The van der Waals surface area contributed by atoms with Gasteiger partial charge in [-0.15, -0.1) is 0 Å². The minimum Gasteiger partial charge on any atom is -0.507 e. The zero-order valence-corrected chi connectivity index (χ0v) is 16.6. The lowest BCUT2D eigenvalue weighted by Gasteiger charge is -2.24. The standard InChI is InChI=1S/C23H26N2O3/c1-4-5-8-13-25-20(18-9-6-7-12-24-18)19(22(27)23(25)28)21(26)17-14-15(2)10-11-16(17)3/h6-7,9-12,14,20,26H,4-5,8,13H2,1-3H3/b21-19+. The van der Waals surface area contributed by atoms with Gasteiger partial charge in [0.1, 0.15) is 11.8 Å². The Morgan fingerprint density at radius 3 is 2.61 bits per heavy atom. The summed E-state index contributed by atoms with van der Waals surface area (Å²) in [6.45, 7) is 6.35. The number of rotatable bonds is 6. The predicted molar refractivity (Wildman–Crippen MR) is 109 cm³/mol. The number of amides is 1. The van der Waals surface area contributed by atoms with Crippen LogP contribution >= 0.6 is 0 Å². The summed E-state index contributed by atoms with van der Waals surface area (Å²) in [4.78, 5) is 31.6. The van der Waals surface area contributed by atoms with Crippen molar-refractivity contribution in [2.24, 2.45) is 0 Å². The first kappa shape index (κ1) is 19.8. The Hall–Kier alpha value is -2.95. The topological polar surface area (TPSA) is 70.5 Å². The fourth-order valence-corrected chi connectivity index (χ4v) is 3.62. The first-order chi connectivity index (χ1) is 13.5. The number of unbranched alkanes of at least 4 members (excludes halogenated alkanes) is 2. The molecule has 0 radical (unpaired) electrons. The zero-order valence-electron chi connectivity index (χ0n) is 16.6. The van der Waals surface area contributed by atoms with Gasteiger partial charge in [-0.2, -0.15) is 0 Å². The van der Waals surface area contributed by atoms with Gasteiger partial charge >= 0.3 is 0 Å². The Labute approximate surface area is 165 Å². The second kappa shape index (κ2) is 8.38. The molecule has 1 atom stereocenters. The molecule has 0 bridgehead atoms. The van der Waals surface area contributed by atoms with Crippen LogP contribution in [-0.2, 0) is 9.59 Å². The van der Waals surface area contributed by atoms with Crippen LogP contribution in [0.1, 0.15) is 54.6 Å². The molecule has 1 aliphatic rings. The van der Waals surface area contributed by atoms with Crippen molar-refractivity contribution in [3.8, 4) is 0 Å². The van der Waals surface area contributed by atoms with Crippen molar-refractivity contribution in [3.05, 3.63) is 70.6 Å². The van der Waals surface area contributed by atoms with Crippen LogP contribution in [0, 0.1) is 13.8 Å². The normalized spacial score (nSPS) is 18.7. The minimum atomic E-state index is -0.669. The van der Waals surface area contributed by atoms with Gasteiger partial charge in [0, 0.05) is 18.3 Å². The summed E-state index contributed by atoms with van der Waals surface area (Å²) in [5, 5.41) is 11.1. The van der Waals surface area contributed by atoms with E-state index in [4.69, 9.17) is 0 Å². The van der Waals surface area contributed by atoms with Gasteiger partial charge in [0.25, 0.3) is 11.7 Å². The molecule has 1 unspecified atom stereocenters. The van der Waals surface area contributed by atoms with Crippen molar-refractivity contribution >= 4 is 17.4 Å². The Morgan fingerprint density at radius 1 is 1.14 bits per heavy atom. The first-order valence-electron chi connectivity index (χ1n) is 9.72. The molecule has 0 saturated carbocycles. The lowest BCUT2D eigenvalue weighted by molar-refractivity contribution is -0.140. The summed E-state index contributed by atoms with van der Waals surface area (Å²) < 4.78 is 0. The Morgan fingerprint density at radius 2 is 1.93 bits per heavy atom. The van der Waals surface area contributed by atoms with Gasteiger partial charge < -0.3 is 10.0 Å². The SMILES string of the molecule is CCCCCN1C(=O)C(=O)/C(=C(/O)c2cc(C)ccc2C)C1c1ccccn1. The molecule has 1 aromatic heterocycles. The van der Waals surface area contributed by atoms with Crippen LogP contribution in [0.15, 0.2) is 48.2 Å². The van der Waals surface area contributed by atoms with Crippen molar-refractivity contribution in [3.63, 3.8) is 0 Å². The van der Waals surface area contributed by atoms with Gasteiger partial charge in [-0.05, 0) is 44.0 Å². The molecule has 0 spiro atoms. The highest BCUT2D eigenvalue weighted by molar-refractivity contribution is 6.46. The monoisotopic (exact) mass is 378 g/mol. The van der Waals surface area contributed by atoms with E-state index in [-0.39, 0.29) is 11.3 Å². The number of pyridine rings is 1. The fourth-order valence-electron chi connectivity index (χ4n) is 3.62. The number of benzene rings is 1. The minimum absolute atomic E-state index is 0.119. The van der Waals surface area contributed by atoms with Crippen LogP contribution in [0.25, 0.3) is 5.76 Å². The number of aliphatic hydroxyl groups is 1. The smallest absolute Gasteiger partial charge is 0.295 e. The van der Waals surface area contributed by atoms with E-state index < -0.39 is 17.7 Å². The van der Waals surface area contributed by atoms with E-state index in [0.29, 0.717) is 17.8 Å². The second-order valence-corrected chi connectivity index (χ2v) is 7.27. The number of Topliss-reactive ketones (excluding diaryl/α,β-unsaturated/α-hetero) is 1. The van der Waals surface area contributed by atoms with Crippen molar-refractivity contribution in [2.75, 3.05) is 6.54 Å². The van der Waals surface area contributed by atoms with E-state index >= 15 is 0 Å². The lowest BCUT2D eigenvalue weighted by Crippen LogP contribution is -2.31. The van der Waals surface area contributed by atoms with Gasteiger partial charge in [-0.3, -0.25) is 14.6 Å². The zero-order chi connectivity index (χ0) is 20.3. The molecule has 0 aliphatic carbocycles. The van der Waals surface area contributed by atoms with Crippen LogP contribution in [0.3, 0.4) is 0 Å². The summed E-state index contributed by atoms with van der Waals surface area (Å²) in [5.74, 6) is -1.35. The molecule has 1 aliphatic heterocycles. The summed E-state index contributed by atoms with van der Waals surface area (Å²) in [6.07, 6.45) is 4.42. The quantitative estimate of drug-likeness (QED) is 0.352. The third-order valence-corrected chi connectivity index (χ3v) is 5.16. The summed E-state index contributed by atoms with van der Waals surface area (Å²) >= 11 is 0. The van der Waals surface area contributed by atoms with Gasteiger partial charge in [0.05, 0.1) is 11.3 Å². The Balaban J connectivity index is 2.15.